The molecule has 0 unspecified atom stereocenters. The molecule has 1 aliphatic rings. The number of nitrogens with zero attached hydrogens (tertiary/aromatic N) is 1. The maximum atomic E-state index is 2.33. The summed E-state index contributed by atoms with van der Waals surface area (Å²) in [5, 5.41) is 0. The molecule has 1 aromatic rings. The molecule has 0 aliphatic carbocycles. The van der Waals surface area contributed by atoms with Crippen molar-refractivity contribution in [2.75, 3.05) is 18.5 Å². The number of likely N-dealkylation sites (N-methyl/N-ethyl adjacent to an activating group) is 1. The number of hydrogen-bond donors (Lipinski definition) is 0. The molecule has 0 radical (unpaired) electrons. The molecular weight excluding hydrogens is 146 g/mol. The molecule has 0 N–H and O–H groups in total. The lowest BCUT2D eigenvalue weighted by Crippen LogP contribution is -2.24. The van der Waals surface area contributed by atoms with Gasteiger partial charge in [0.1, 0.15) is 0 Å². The second-order valence-electron chi connectivity index (χ2n) is 4.26. The Hall–Kier alpha value is -0.980. The lowest BCUT2D eigenvalue weighted by molar-refractivity contribution is 0.563. The molecule has 1 heteroatoms. The lowest BCUT2D eigenvalue weighted by Gasteiger charge is -2.18. The smallest absolute Gasteiger partial charge is 0.0402 e. The third-order valence-electron chi connectivity index (χ3n) is 2.68. The zero-order chi connectivity index (χ0) is 8.77. The number of benzene rings is 1. The Morgan fingerprint density at radius 2 is 1.92 bits per heavy atom. The van der Waals surface area contributed by atoms with Crippen LogP contribution in [0.2, 0.25) is 0 Å². The fraction of sp³-hybridized carbons (Fsp3) is 0.455. The number of fused-ring (bicyclic) bond motifs is 1. The van der Waals surface area contributed by atoms with E-state index >= 15 is 0 Å². The lowest BCUT2D eigenvalue weighted by atomic mass is 9.87. The van der Waals surface area contributed by atoms with Gasteiger partial charge in [0.05, 0.1) is 0 Å². The molecule has 1 nitrogen and oxygen atoms in total. The first kappa shape index (κ1) is 7.66. The van der Waals surface area contributed by atoms with Crippen LogP contribution < -0.4 is 4.90 Å². The second-order valence-corrected chi connectivity index (χ2v) is 4.26. The van der Waals surface area contributed by atoms with Crippen molar-refractivity contribution in [1.29, 1.82) is 0 Å². The highest BCUT2D eigenvalue weighted by atomic mass is 15.1. The molecule has 1 heterocycles. The molecule has 2 rings (SSSR count). The molecule has 1 aromatic carbocycles. The average molecular weight is 161 g/mol. The fourth-order valence-electron chi connectivity index (χ4n) is 2.14. The summed E-state index contributed by atoms with van der Waals surface area (Å²) < 4.78 is 0. The molecule has 0 aromatic heterocycles. The van der Waals surface area contributed by atoms with E-state index in [4.69, 9.17) is 0 Å². The van der Waals surface area contributed by atoms with Crippen LogP contribution in [-0.4, -0.2) is 13.6 Å². The van der Waals surface area contributed by atoms with Crippen molar-refractivity contribution in [2.45, 2.75) is 19.3 Å². The minimum Gasteiger partial charge on any atom is -0.373 e. The predicted molar refractivity (Wildman–Crippen MR) is 52.7 cm³/mol. The van der Waals surface area contributed by atoms with E-state index in [2.05, 4.69) is 50.1 Å². The average Bonchev–Trinajstić information content (AvgIpc) is 2.25. The minimum absolute atomic E-state index is 0.325. The van der Waals surface area contributed by atoms with Gasteiger partial charge in [0.15, 0.2) is 0 Å². The van der Waals surface area contributed by atoms with E-state index in [1.54, 1.807) is 0 Å². The summed E-state index contributed by atoms with van der Waals surface area (Å²) in [5.41, 5.74) is 3.20. The van der Waals surface area contributed by atoms with Crippen LogP contribution in [0.1, 0.15) is 19.4 Å². The number of para-hydroxylation sites is 1. The van der Waals surface area contributed by atoms with Crippen LogP contribution in [-0.2, 0) is 5.41 Å². The van der Waals surface area contributed by atoms with Crippen molar-refractivity contribution in [3.05, 3.63) is 29.8 Å². The van der Waals surface area contributed by atoms with Crippen LogP contribution in [0.4, 0.5) is 5.69 Å². The van der Waals surface area contributed by atoms with E-state index < -0.39 is 0 Å². The summed E-state index contributed by atoms with van der Waals surface area (Å²) in [6.45, 7) is 5.73. The van der Waals surface area contributed by atoms with Gasteiger partial charge in [0.25, 0.3) is 0 Å². The van der Waals surface area contributed by atoms with Crippen molar-refractivity contribution in [2.24, 2.45) is 0 Å². The Balaban J connectivity index is 2.58. The van der Waals surface area contributed by atoms with Gasteiger partial charge in [-0.25, -0.2) is 0 Å². The molecule has 1 aliphatic heterocycles. The molecule has 0 saturated carbocycles. The maximum Gasteiger partial charge on any atom is 0.0402 e. The fourth-order valence-corrected chi connectivity index (χ4v) is 2.14. The second kappa shape index (κ2) is 2.25. The van der Waals surface area contributed by atoms with Gasteiger partial charge < -0.3 is 4.90 Å². The summed E-state index contributed by atoms with van der Waals surface area (Å²) in [6.07, 6.45) is 0. The molecule has 12 heavy (non-hydrogen) atoms. The molecule has 0 bridgehead atoms. The van der Waals surface area contributed by atoms with Crippen molar-refractivity contribution in [3.8, 4) is 0 Å². The normalized spacial score (nSPS) is 19.4. The van der Waals surface area contributed by atoms with Crippen LogP contribution in [0.5, 0.6) is 0 Å². The summed E-state index contributed by atoms with van der Waals surface area (Å²) >= 11 is 0. The SMILES string of the molecule is CN1CC(C)(C)c2ccccc21. The van der Waals surface area contributed by atoms with Gasteiger partial charge in [0, 0.05) is 24.7 Å². The van der Waals surface area contributed by atoms with E-state index in [-0.39, 0.29) is 0 Å². The zero-order valence-electron chi connectivity index (χ0n) is 7.96. The Labute approximate surface area is 74.0 Å². The summed E-state index contributed by atoms with van der Waals surface area (Å²) in [5.74, 6) is 0. The highest BCUT2D eigenvalue weighted by molar-refractivity contribution is 5.61. The molecule has 64 valence electrons. The maximum absolute atomic E-state index is 2.33. The zero-order valence-corrected chi connectivity index (χ0v) is 7.96. The number of anilines is 1. The Bertz CT molecular complexity index is 302. The van der Waals surface area contributed by atoms with Gasteiger partial charge in [-0.3, -0.25) is 0 Å². The number of hydrogen-bond acceptors (Lipinski definition) is 1. The van der Waals surface area contributed by atoms with Crippen LogP contribution in [0.15, 0.2) is 24.3 Å². The van der Waals surface area contributed by atoms with Gasteiger partial charge in [0.2, 0.25) is 0 Å². The van der Waals surface area contributed by atoms with Gasteiger partial charge in [-0.1, -0.05) is 32.0 Å². The summed E-state index contributed by atoms with van der Waals surface area (Å²) in [6, 6.07) is 8.67. The third-order valence-corrected chi connectivity index (χ3v) is 2.68. The number of rotatable bonds is 0. The van der Waals surface area contributed by atoms with E-state index in [0.717, 1.165) is 6.54 Å². The van der Waals surface area contributed by atoms with Crippen molar-refractivity contribution >= 4 is 5.69 Å². The molecule has 0 saturated heterocycles. The van der Waals surface area contributed by atoms with E-state index in [1.165, 1.54) is 11.3 Å². The van der Waals surface area contributed by atoms with Crippen molar-refractivity contribution in [1.82, 2.24) is 0 Å². The summed E-state index contributed by atoms with van der Waals surface area (Å²) in [4.78, 5) is 2.33. The Morgan fingerprint density at radius 1 is 1.25 bits per heavy atom. The molecule has 0 atom stereocenters. The third kappa shape index (κ3) is 0.927. The van der Waals surface area contributed by atoms with Crippen LogP contribution in [0, 0.1) is 0 Å². The van der Waals surface area contributed by atoms with Gasteiger partial charge >= 0.3 is 0 Å². The summed E-state index contributed by atoms with van der Waals surface area (Å²) in [7, 11) is 2.16. The quantitative estimate of drug-likeness (QED) is 0.565. The monoisotopic (exact) mass is 161 g/mol. The van der Waals surface area contributed by atoms with Gasteiger partial charge in [-0.05, 0) is 11.6 Å². The van der Waals surface area contributed by atoms with Crippen LogP contribution in [0.25, 0.3) is 0 Å². The highest BCUT2D eigenvalue weighted by Crippen LogP contribution is 2.38. The first-order valence-electron chi connectivity index (χ1n) is 4.42. The van der Waals surface area contributed by atoms with Gasteiger partial charge in [-0.15, -0.1) is 0 Å². The Morgan fingerprint density at radius 3 is 2.58 bits per heavy atom. The van der Waals surface area contributed by atoms with Crippen molar-refractivity contribution < 1.29 is 0 Å². The van der Waals surface area contributed by atoms with Crippen LogP contribution in [0.3, 0.4) is 0 Å². The first-order valence-corrected chi connectivity index (χ1v) is 4.42. The largest absolute Gasteiger partial charge is 0.373 e. The van der Waals surface area contributed by atoms with Gasteiger partial charge in [-0.2, -0.15) is 0 Å². The van der Waals surface area contributed by atoms with E-state index in [1.807, 2.05) is 0 Å². The topological polar surface area (TPSA) is 3.24 Å². The standard InChI is InChI=1S/C11H15N/c1-11(2)8-12(3)10-7-5-4-6-9(10)11/h4-7H,8H2,1-3H3. The first-order chi connectivity index (χ1) is 5.61. The molecule has 0 amide bonds. The van der Waals surface area contributed by atoms with Crippen LogP contribution >= 0.6 is 0 Å². The molecule has 0 spiro atoms. The van der Waals surface area contributed by atoms with E-state index in [9.17, 15) is 0 Å². The minimum atomic E-state index is 0.325. The van der Waals surface area contributed by atoms with E-state index in [0.29, 0.717) is 5.41 Å². The Kier molecular flexibility index (Phi) is 1.44. The van der Waals surface area contributed by atoms with Crippen molar-refractivity contribution in [3.63, 3.8) is 0 Å². The molecular formula is C11H15N. The highest BCUT2D eigenvalue weighted by Gasteiger charge is 2.32. The molecule has 0 fully saturated rings. The predicted octanol–water partition coefficient (Wildman–Crippen LogP) is 2.41.